The van der Waals surface area contributed by atoms with E-state index >= 15 is 0 Å². The van der Waals surface area contributed by atoms with Crippen LogP contribution in [0.4, 0.5) is 0 Å². The van der Waals surface area contributed by atoms with Crippen LogP contribution in [0.15, 0.2) is 29.3 Å². The van der Waals surface area contributed by atoms with Crippen molar-refractivity contribution in [1.29, 1.82) is 0 Å². The Balaban J connectivity index is 2.38. The van der Waals surface area contributed by atoms with Crippen molar-refractivity contribution >= 4 is 6.08 Å². The number of aliphatic hydroxyl groups is 1. The molecule has 0 amide bonds. The van der Waals surface area contributed by atoms with E-state index in [1.807, 2.05) is 31.2 Å². The van der Waals surface area contributed by atoms with Crippen molar-refractivity contribution in [2.45, 2.75) is 31.4 Å². The molecule has 15 heavy (non-hydrogen) atoms. The molecule has 0 atom stereocenters. The summed E-state index contributed by atoms with van der Waals surface area (Å²) in [7, 11) is 0. The van der Waals surface area contributed by atoms with E-state index in [1.54, 1.807) is 6.08 Å². The summed E-state index contributed by atoms with van der Waals surface area (Å²) in [6, 6.07) is 7.89. The van der Waals surface area contributed by atoms with Crippen molar-refractivity contribution in [2.24, 2.45) is 4.99 Å². The molecule has 3 nitrogen and oxygen atoms in total. The largest absolute Gasteiger partial charge is 0.393 e. The summed E-state index contributed by atoms with van der Waals surface area (Å²) in [6.07, 6.45) is 2.31. The molecule has 1 N–H and O–H groups in total. The Labute approximate surface area is 88.5 Å². The zero-order valence-electron chi connectivity index (χ0n) is 8.60. The van der Waals surface area contributed by atoms with Gasteiger partial charge in [-0.15, -0.1) is 0 Å². The van der Waals surface area contributed by atoms with Crippen LogP contribution in [-0.2, 0) is 10.3 Å². The summed E-state index contributed by atoms with van der Waals surface area (Å²) in [6.45, 7) is 2.00. The molecule has 0 aromatic heterocycles. The van der Waals surface area contributed by atoms with Crippen LogP contribution in [0, 0.1) is 6.92 Å². The topological polar surface area (TPSA) is 49.7 Å². The fourth-order valence-electron chi connectivity index (χ4n) is 2.13. The zero-order valence-corrected chi connectivity index (χ0v) is 8.60. The van der Waals surface area contributed by atoms with Crippen molar-refractivity contribution in [1.82, 2.24) is 0 Å². The van der Waals surface area contributed by atoms with E-state index in [2.05, 4.69) is 4.99 Å². The molecule has 1 fully saturated rings. The zero-order chi connectivity index (χ0) is 10.9. The van der Waals surface area contributed by atoms with Gasteiger partial charge in [-0.3, -0.25) is 0 Å². The number of nitrogens with zero attached hydrogens (tertiary/aromatic N) is 1. The van der Waals surface area contributed by atoms with E-state index in [9.17, 15) is 9.90 Å². The SMILES string of the molecule is Cc1cccc(C2(N=C=O)CC(O)C2)c1. The van der Waals surface area contributed by atoms with Crippen LogP contribution in [0.3, 0.4) is 0 Å². The molecule has 0 spiro atoms. The van der Waals surface area contributed by atoms with Crippen LogP contribution in [0.1, 0.15) is 24.0 Å². The maximum atomic E-state index is 10.4. The molecule has 78 valence electrons. The number of aliphatic imine (C=N–C) groups is 1. The standard InChI is InChI=1S/C12H13NO2/c1-9-3-2-4-10(5-9)12(13-8-14)6-11(15)7-12/h2-5,11,15H,6-7H2,1H3. The number of hydrogen-bond acceptors (Lipinski definition) is 3. The summed E-state index contributed by atoms with van der Waals surface area (Å²) in [5, 5.41) is 9.35. The van der Waals surface area contributed by atoms with Gasteiger partial charge in [-0.05, 0) is 12.5 Å². The maximum absolute atomic E-state index is 10.4. The Morgan fingerprint density at radius 1 is 1.53 bits per heavy atom. The Bertz CT molecular complexity index is 415. The number of hydrogen-bond donors (Lipinski definition) is 1. The average molecular weight is 203 g/mol. The highest BCUT2D eigenvalue weighted by molar-refractivity contribution is 5.40. The first-order chi connectivity index (χ1) is 7.16. The van der Waals surface area contributed by atoms with E-state index in [1.165, 1.54) is 0 Å². The Kier molecular flexibility index (Phi) is 2.43. The third-order valence-corrected chi connectivity index (χ3v) is 2.96. The number of rotatable bonds is 2. The van der Waals surface area contributed by atoms with Crippen LogP contribution in [0.5, 0.6) is 0 Å². The highest BCUT2D eigenvalue weighted by atomic mass is 16.3. The van der Waals surface area contributed by atoms with Gasteiger partial charge in [0.05, 0.1) is 6.10 Å². The number of benzene rings is 1. The maximum Gasteiger partial charge on any atom is 0.235 e. The minimum atomic E-state index is -0.521. The van der Waals surface area contributed by atoms with Gasteiger partial charge in [0.25, 0.3) is 0 Å². The van der Waals surface area contributed by atoms with Crippen molar-refractivity contribution in [3.05, 3.63) is 35.4 Å². The Morgan fingerprint density at radius 3 is 2.80 bits per heavy atom. The molecule has 2 rings (SSSR count). The number of aliphatic hydroxyl groups excluding tert-OH is 1. The fourth-order valence-corrected chi connectivity index (χ4v) is 2.13. The first-order valence-electron chi connectivity index (χ1n) is 5.00. The van der Waals surface area contributed by atoms with Gasteiger partial charge in [-0.1, -0.05) is 29.8 Å². The van der Waals surface area contributed by atoms with E-state index < -0.39 is 5.54 Å². The molecule has 0 unspecified atom stereocenters. The number of carbonyl (C=O) groups excluding carboxylic acids is 1. The smallest absolute Gasteiger partial charge is 0.235 e. The lowest BCUT2D eigenvalue weighted by molar-refractivity contribution is 0.0223. The predicted octanol–water partition coefficient (Wildman–Crippen LogP) is 1.68. The molecule has 3 heteroatoms. The van der Waals surface area contributed by atoms with Crippen molar-refractivity contribution < 1.29 is 9.90 Å². The summed E-state index contributed by atoms with van der Waals surface area (Å²) in [4.78, 5) is 14.3. The Morgan fingerprint density at radius 2 is 2.27 bits per heavy atom. The van der Waals surface area contributed by atoms with Crippen LogP contribution in [0.25, 0.3) is 0 Å². The highest BCUT2D eigenvalue weighted by Crippen LogP contribution is 2.44. The van der Waals surface area contributed by atoms with Gasteiger partial charge in [-0.25, -0.2) is 4.79 Å². The van der Waals surface area contributed by atoms with E-state index in [4.69, 9.17) is 0 Å². The van der Waals surface area contributed by atoms with Gasteiger partial charge in [0.15, 0.2) is 0 Å². The van der Waals surface area contributed by atoms with Gasteiger partial charge in [0.2, 0.25) is 6.08 Å². The van der Waals surface area contributed by atoms with E-state index in [-0.39, 0.29) is 6.10 Å². The third-order valence-electron chi connectivity index (χ3n) is 2.96. The third kappa shape index (κ3) is 1.72. The lowest BCUT2D eigenvalue weighted by Crippen LogP contribution is -2.43. The number of aryl methyl sites for hydroxylation is 1. The molecule has 0 radical (unpaired) electrons. The second kappa shape index (κ2) is 3.61. The molecular formula is C12H13NO2. The first kappa shape index (κ1) is 10.1. The van der Waals surface area contributed by atoms with Crippen LogP contribution in [-0.4, -0.2) is 17.3 Å². The van der Waals surface area contributed by atoms with E-state index in [0.29, 0.717) is 12.8 Å². The monoisotopic (exact) mass is 203 g/mol. The molecular weight excluding hydrogens is 190 g/mol. The first-order valence-corrected chi connectivity index (χ1v) is 5.00. The second-order valence-corrected chi connectivity index (χ2v) is 4.17. The van der Waals surface area contributed by atoms with Gasteiger partial charge >= 0.3 is 0 Å². The van der Waals surface area contributed by atoms with Gasteiger partial charge < -0.3 is 5.11 Å². The lowest BCUT2D eigenvalue weighted by atomic mass is 9.70. The molecule has 0 saturated heterocycles. The predicted molar refractivity (Wildman–Crippen MR) is 56.2 cm³/mol. The summed E-state index contributed by atoms with van der Waals surface area (Å²) in [5.74, 6) is 0. The van der Waals surface area contributed by atoms with Gasteiger partial charge in [0, 0.05) is 12.8 Å². The minimum absolute atomic E-state index is 0.345. The van der Waals surface area contributed by atoms with Crippen molar-refractivity contribution in [3.63, 3.8) is 0 Å². The molecule has 0 bridgehead atoms. The molecule has 1 aliphatic carbocycles. The molecule has 1 saturated carbocycles. The second-order valence-electron chi connectivity index (χ2n) is 4.17. The average Bonchev–Trinajstić information content (AvgIpc) is 2.15. The summed E-state index contributed by atoms with van der Waals surface area (Å²) < 4.78 is 0. The summed E-state index contributed by atoms with van der Waals surface area (Å²) >= 11 is 0. The van der Waals surface area contributed by atoms with Gasteiger partial charge in [-0.2, -0.15) is 4.99 Å². The lowest BCUT2D eigenvalue weighted by Gasteiger charge is -2.41. The molecule has 1 aromatic carbocycles. The molecule has 1 aliphatic rings. The van der Waals surface area contributed by atoms with E-state index in [0.717, 1.165) is 11.1 Å². The fraction of sp³-hybridized carbons (Fsp3) is 0.417. The number of isocyanates is 1. The quantitative estimate of drug-likeness (QED) is 0.587. The minimum Gasteiger partial charge on any atom is -0.393 e. The molecule has 0 heterocycles. The Hall–Kier alpha value is -1.44. The normalized spacial score (nSPS) is 29.1. The van der Waals surface area contributed by atoms with Crippen LogP contribution < -0.4 is 0 Å². The van der Waals surface area contributed by atoms with Crippen molar-refractivity contribution in [3.8, 4) is 0 Å². The summed E-state index contributed by atoms with van der Waals surface area (Å²) in [5.41, 5.74) is 1.61. The molecule has 0 aliphatic heterocycles. The highest BCUT2D eigenvalue weighted by Gasteiger charge is 2.45. The van der Waals surface area contributed by atoms with Crippen LogP contribution >= 0.6 is 0 Å². The van der Waals surface area contributed by atoms with Gasteiger partial charge in [0.1, 0.15) is 5.54 Å². The van der Waals surface area contributed by atoms with Crippen LogP contribution in [0.2, 0.25) is 0 Å². The van der Waals surface area contributed by atoms with Crippen molar-refractivity contribution in [2.75, 3.05) is 0 Å². The molecule has 1 aromatic rings.